The SMILES string of the molecule is Cc1nc(NCc2ccccc2)cc(C(=O)NCc2ccc(F)cc2)n1. The highest BCUT2D eigenvalue weighted by Crippen LogP contribution is 2.10. The Labute approximate surface area is 151 Å². The van der Waals surface area contributed by atoms with Gasteiger partial charge in [-0.1, -0.05) is 42.5 Å². The highest BCUT2D eigenvalue weighted by Gasteiger charge is 2.10. The summed E-state index contributed by atoms with van der Waals surface area (Å²) in [5.41, 5.74) is 2.22. The smallest absolute Gasteiger partial charge is 0.270 e. The van der Waals surface area contributed by atoms with Gasteiger partial charge in [-0.15, -0.1) is 0 Å². The molecule has 0 fully saturated rings. The van der Waals surface area contributed by atoms with Gasteiger partial charge < -0.3 is 10.6 Å². The van der Waals surface area contributed by atoms with Gasteiger partial charge in [-0.05, 0) is 30.2 Å². The third kappa shape index (κ3) is 4.86. The number of rotatable bonds is 6. The van der Waals surface area contributed by atoms with Crippen LogP contribution in [0.25, 0.3) is 0 Å². The van der Waals surface area contributed by atoms with Crippen LogP contribution in [0, 0.1) is 12.7 Å². The lowest BCUT2D eigenvalue weighted by atomic mass is 10.2. The summed E-state index contributed by atoms with van der Waals surface area (Å²) in [7, 11) is 0. The third-order valence-electron chi connectivity index (χ3n) is 3.75. The van der Waals surface area contributed by atoms with Gasteiger partial charge in [0.1, 0.15) is 23.2 Å². The number of aromatic nitrogens is 2. The molecular weight excluding hydrogens is 331 g/mol. The molecule has 26 heavy (non-hydrogen) atoms. The van der Waals surface area contributed by atoms with E-state index in [1.807, 2.05) is 30.3 Å². The summed E-state index contributed by atoms with van der Waals surface area (Å²) in [4.78, 5) is 20.9. The lowest BCUT2D eigenvalue weighted by Crippen LogP contribution is -2.24. The van der Waals surface area contributed by atoms with Gasteiger partial charge in [0.25, 0.3) is 5.91 Å². The molecule has 1 amide bonds. The summed E-state index contributed by atoms with van der Waals surface area (Å²) >= 11 is 0. The molecule has 0 saturated carbocycles. The molecule has 0 radical (unpaired) electrons. The summed E-state index contributed by atoms with van der Waals surface area (Å²) in [6.07, 6.45) is 0. The van der Waals surface area contributed by atoms with E-state index in [9.17, 15) is 9.18 Å². The van der Waals surface area contributed by atoms with Crippen molar-refractivity contribution >= 4 is 11.7 Å². The molecule has 2 N–H and O–H groups in total. The minimum Gasteiger partial charge on any atom is -0.366 e. The number of carbonyl (C=O) groups excluding carboxylic acids is 1. The molecule has 0 unspecified atom stereocenters. The Hall–Kier alpha value is -3.28. The van der Waals surface area contributed by atoms with E-state index in [2.05, 4.69) is 20.6 Å². The van der Waals surface area contributed by atoms with Crippen molar-refractivity contribution in [3.63, 3.8) is 0 Å². The molecule has 0 saturated heterocycles. The number of nitrogens with zero attached hydrogens (tertiary/aromatic N) is 2. The van der Waals surface area contributed by atoms with Gasteiger partial charge in [0.05, 0.1) is 0 Å². The van der Waals surface area contributed by atoms with Gasteiger partial charge >= 0.3 is 0 Å². The van der Waals surface area contributed by atoms with Crippen molar-refractivity contribution in [2.24, 2.45) is 0 Å². The first-order valence-corrected chi connectivity index (χ1v) is 8.26. The fraction of sp³-hybridized carbons (Fsp3) is 0.150. The lowest BCUT2D eigenvalue weighted by molar-refractivity contribution is 0.0945. The van der Waals surface area contributed by atoms with Gasteiger partial charge in [-0.3, -0.25) is 4.79 Å². The van der Waals surface area contributed by atoms with Gasteiger partial charge in [0.2, 0.25) is 0 Å². The maximum absolute atomic E-state index is 12.9. The van der Waals surface area contributed by atoms with Crippen molar-refractivity contribution in [1.29, 1.82) is 0 Å². The molecular formula is C20H19FN4O. The summed E-state index contributed by atoms with van der Waals surface area (Å²) in [5, 5.41) is 5.99. The van der Waals surface area contributed by atoms with Crippen molar-refractivity contribution in [1.82, 2.24) is 15.3 Å². The summed E-state index contributed by atoms with van der Waals surface area (Å²) < 4.78 is 12.9. The molecule has 0 aliphatic rings. The molecule has 0 spiro atoms. The highest BCUT2D eigenvalue weighted by molar-refractivity contribution is 5.92. The number of benzene rings is 2. The number of aryl methyl sites for hydroxylation is 1. The van der Waals surface area contributed by atoms with E-state index < -0.39 is 0 Å². The predicted molar refractivity (Wildman–Crippen MR) is 98.1 cm³/mol. The Morgan fingerprint density at radius 3 is 2.38 bits per heavy atom. The van der Waals surface area contributed by atoms with Crippen molar-refractivity contribution in [2.45, 2.75) is 20.0 Å². The van der Waals surface area contributed by atoms with Crippen LogP contribution in [-0.4, -0.2) is 15.9 Å². The topological polar surface area (TPSA) is 66.9 Å². The van der Waals surface area contributed by atoms with Crippen LogP contribution in [0.3, 0.4) is 0 Å². The van der Waals surface area contributed by atoms with Crippen LogP contribution < -0.4 is 10.6 Å². The Bertz CT molecular complexity index is 882. The van der Waals surface area contributed by atoms with E-state index in [1.165, 1.54) is 12.1 Å². The fourth-order valence-corrected chi connectivity index (χ4v) is 2.44. The van der Waals surface area contributed by atoms with Gasteiger partial charge in [0, 0.05) is 19.2 Å². The normalized spacial score (nSPS) is 10.4. The maximum atomic E-state index is 12.9. The first kappa shape index (κ1) is 17.5. The van der Waals surface area contributed by atoms with Crippen LogP contribution in [0.4, 0.5) is 10.2 Å². The van der Waals surface area contributed by atoms with Crippen LogP contribution in [0.15, 0.2) is 60.7 Å². The second-order valence-corrected chi connectivity index (χ2v) is 5.83. The van der Waals surface area contributed by atoms with Crippen LogP contribution >= 0.6 is 0 Å². The zero-order valence-corrected chi connectivity index (χ0v) is 14.4. The monoisotopic (exact) mass is 350 g/mol. The second-order valence-electron chi connectivity index (χ2n) is 5.83. The van der Waals surface area contributed by atoms with Crippen molar-refractivity contribution < 1.29 is 9.18 Å². The summed E-state index contributed by atoms with van der Waals surface area (Å²) in [6.45, 7) is 2.65. The first-order chi connectivity index (χ1) is 12.6. The molecule has 3 rings (SSSR count). The maximum Gasteiger partial charge on any atom is 0.270 e. The van der Waals surface area contributed by atoms with Crippen LogP contribution in [0.2, 0.25) is 0 Å². The van der Waals surface area contributed by atoms with Gasteiger partial charge in [0.15, 0.2) is 0 Å². The van der Waals surface area contributed by atoms with E-state index >= 15 is 0 Å². The van der Waals surface area contributed by atoms with Crippen molar-refractivity contribution in [3.05, 3.63) is 89.1 Å². The molecule has 1 heterocycles. The molecule has 1 aromatic heterocycles. The minimum absolute atomic E-state index is 0.287. The van der Waals surface area contributed by atoms with E-state index in [4.69, 9.17) is 0 Å². The van der Waals surface area contributed by atoms with Gasteiger partial charge in [-0.25, -0.2) is 14.4 Å². The number of hydrogen-bond donors (Lipinski definition) is 2. The van der Waals surface area contributed by atoms with E-state index in [1.54, 1.807) is 25.1 Å². The average molecular weight is 350 g/mol. The Morgan fingerprint density at radius 2 is 1.65 bits per heavy atom. The molecule has 0 bridgehead atoms. The standard InChI is InChI=1S/C20H19FN4O/c1-14-24-18(20(26)23-13-16-7-9-17(21)10-8-16)11-19(25-14)22-12-15-5-3-2-4-6-15/h2-11H,12-13H2,1H3,(H,23,26)(H,22,24,25). The van der Waals surface area contributed by atoms with E-state index in [0.717, 1.165) is 11.1 Å². The number of carbonyl (C=O) groups is 1. The molecule has 0 atom stereocenters. The van der Waals surface area contributed by atoms with Gasteiger partial charge in [-0.2, -0.15) is 0 Å². The molecule has 5 nitrogen and oxygen atoms in total. The molecule has 0 aliphatic heterocycles. The summed E-state index contributed by atoms with van der Waals surface area (Å²) in [5.74, 6) is 0.492. The molecule has 3 aromatic rings. The van der Waals surface area contributed by atoms with E-state index in [-0.39, 0.29) is 17.4 Å². The molecule has 6 heteroatoms. The van der Waals surface area contributed by atoms with Crippen molar-refractivity contribution in [3.8, 4) is 0 Å². The first-order valence-electron chi connectivity index (χ1n) is 8.26. The molecule has 132 valence electrons. The predicted octanol–water partition coefficient (Wildman–Crippen LogP) is 3.47. The minimum atomic E-state index is -0.305. The Balaban J connectivity index is 1.64. The Kier molecular flexibility index (Phi) is 5.53. The number of hydrogen-bond acceptors (Lipinski definition) is 4. The number of halogens is 1. The van der Waals surface area contributed by atoms with E-state index in [0.29, 0.717) is 24.7 Å². The number of amides is 1. The number of anilines is 1. The largest absolute Gasteiger partial charge is 0.366 e. The fourth-order valence-electron chi connectivity index (χ4n) is 2.44. The lowest BCUT2D eigenvalue weighted by Gasteiger charge is -2.09. The highest BCUT2D eigenvalue weighted by atomic mass is 19.1. The zero-order valence-electron chi connectivity index (χ0n) is 14.4. The Morgan fingerprint density at radius 1 is 0.962 bits per heavy atom. The summed E-state index contributed by atoms with van der Waals surface area (Å²) in [6, 6.07) is 17.5. The van der Waals surface area contributed by atoms with Crippen molar-refractivity contribution in [2.75, 3.05) is 5.32 Å². The quantitative estimate of drug-likeness (QED) is 0.714. The van der Waals surface area contributed by atoms with Crippen LogP contribution in [0.1, 0.15) is 27.4 Å². The average Bonchev–Trinajstić information content (AvgIpc) is 2.66. The third-order valence-corrected chi connectivity index (χ3v) is 3.75. The molecule has 2 aromatic carbocycles. The number of nitrogens with one attached hydrogen (secondary N) is 2. The van der Waals surface area contributed by atoms with Crippen LogP contribution in [-0.2, 0) is 13.1 Å². The second kappa shape index (κ2) is 8.20. The zero-order chi connectivity index (χ0) is 18.4. The molecule has 0 aliphatic carbocycles. The van der Waals surface area contributed by atoms with Crippen LogP contribution in [0.5, 0.6) is 0 Å².